The predicted octanol–water partition coefficient (Wildman–Crippen LogP) is 2.32. The van der Waals surface area contributed by atoms with Crippen LogP contribution >= 0.6 is 0 Å². The van der Waals surface area contributed by atoms with E-state index in [4.69, 9.17) is 0 Å². The molecule has 0 aromatic heterocycles. The molecule has 15 heavy (non-hydrogen) atoms. The Morgan fingerprint density at radius 1 is 1.27 bits per heavy atom. The van der Waals surface area contributed by atoms with Crippen LogP contribution in [0.1, 0.15) is 40.5 Å². The minimum atomic E-state index is 0.0707. The van der Waals surface area contributed by atoms with Crippen molar-refractivity contribution in [2.24, 2.45) is 0 Å². The summed E-state index contributed by atoms with van der Waals surface area (Å²) in [5.74, 6) is 0.0707. The normalized spacial score (nSPS) is 12.5. The summed E-state index contributed by atoms with van der Waals surface area (Å²) in [4.78, 5) is 11.4. The molecule has 0 aliphatic heterocycles. The van der Waals surface area contributed by atoms with Crippen LogP contribution in [0.5, 0.6) is 0 Å². The van der Waals surface area contributed by atoms with Crippen molar-refractivity contribution >= 4 is 5.91 Å². The predicted molar refractivity (Wildman–Crippen MR) is 64.2 cm³/mol. The first-order valence-corrected chi connectivity index (χ1v) is 5.45. The molecule has 0 radical (unpaired) electrons. The van der Waals surface area contributed by atoms with Gasteiger partial charge in [-0.25, -0.2) is 0 Å². The molecule has 0 atom stereocenters. The molecule has 86 valence electrons. The number of carbonyl (C=O) groups excluding carboxylic acids is 1. The molecule has 3 heteroatoms. The van der Waals surface area contributed by atoms with Gasteiger partial charge in [0.15, 0.2) is 0 Å². The maximum absolute atomic E-state index is 11.4. The number of rotatable bonds is 6. The highest BCUT2D eigenvalue weighted by molar-refractivity contribution is 5.78. The van der Waals surface area contributed by atoms with Crippen LogP contribution in [0.15, 0.2) is 23.5 Å². The lowest BCUT2D eigenvalue weighted by Gasteiger charge is -2.10. The summed E-state index contributed by atoms with van der Waals surface area (Å²) in [7, 11) is 0. The Labute approximate surface area is 92.6 Å². The van der Waals surface area contributed by atoms with Gasteiger partial charge in [0.1, 0.15) is 0 Å². The second-order valence-electron chi connectivity index (χ2n) is 3.44. The van der Waals surface area contributed by atoms with E-state index in [0.717, 1.165) is 24.4 Å². The fourth-order valence-corrected chi connectivity index (χ4v) is 1.04. The zero-order valence-corrected chi connectivity index (χ0v) is 10.2. The minimum Gasteiger partial charge on any atom is -0.363 e. The first-order valence-electron chi connectivity index (χ1n) is 5.45. The number of carbonyl (C=O) groups is 1. The summed E-state index contributed by atoms with van der Waals surface area (Å²) in [6.45, 7) is 8.66. The van der Waals surface area contributed by atoms with Crippen LogP contribution in [0.2, 0.25) is 0 Å². The highest BCUT2D eigenvalue weighted by atomic mass is 16.1. The largest absolute Gasteiger partial charge is 0.363 e. The molecule has 0 saturated heterocycles. The molecule has 3 nitrogen and oxygen atoms in total. The van der Waals surface area contributed by atoms with Gasteiger partial charge in [-0.05, 0) is 27.2 Å². The SMILES string of the molecule is C/C=C(/CC(=O)NCCC)N/C(C)=C/C. The van der Waals surface area contributed by atoms with Gasteiger partial charge in [-0.1, -0.05) is 19.1 Å². The standard InChI is InChI=1S/C12H22N2O/c1-5-8-13-12(15)9-11(7-3)14-10(4)6-2/h6-7,14H,5,8-9H2,1-4H3,(H,13,15)/b10-6+,11-7-. The van der Waals surface area contributed by atoms with Gasteiger partial charge in [0.05, 0.1) is 6.42 Å². The second kappa shape index (κ2) is 8.09. The average Bonchev–Trinajstić information content (AvgIpc) is 2.25. The fourth-order valence-electron chi connectivity index (χ4n) is 1.04. The molecule has 0 rings (SSSR count). The smallest absolute Gasteiger partial charge is 0.225 e. The van der Waals surface area contributed by atoms with Crippen molar-refractivity contribution in [3.63, 3.8) is 0 Å². The van der Waals surface area contributed by atoms with Crippen LogP contribution in [0.3, 0.4) is 0 Å². The third-order valence-corrected chi connectivity index (χ3v) is 2.06. The van der Waals surface area contributed by atoms with Crippen molar-refractivity contribution in [3.05, 3.63) is 23.5 Å². The van der Waals surface area contributed by atoms with Gasteiger partial charge < -0.3 is 10.6 Å². The van der Waals surface area contributed by atoms with E-state index in [2.05, 4.69) is 10.6 Å². The molecule has 0 unspecified atom stereocenters. The molecule has 0 aromatic rings. The van der Waals surface area contributed by atoms with Gasteiger partial charge >= 0.3 is 0 Å². The van der Waals surface area contributed by atoms with Crippen molar-refractivity contribution in [1.29, 1.82) is 0 Å². The maximum atomic E-state index is 11.4. The highest BCUT2D eigenvalue weighted by Gasteiger charge is 2.03. The van der Waals surface area contributed by atoms with Crippen LogP contribution in [0, 0.1) is 0 Å². The molecule has 0 saturated carbocycles. The van der Waals surface area contributed by atoms with Gasteiger partial charge in [0.25, 0.3) is 0 Å². The molecule has 0 aliphatic rings. The van der Waals surface area contributed by atoms with Crippen molar-refractivity contribution in [1.82, 2.24) is 10.6 Å². The molecular formula is C12H22N2O. The maximum Gasteiger partial charge on any atom is 0.225 e. The molecule has 0 heterocycles. The van der Waals surface area contributed by atoms with E-state index in [1.807, 2.05) is 39.8 Å². The van der Waals surface area contributed by atoms with E-state index < -0.39 is 0 Å². The molecule has 0 bridgehead atoms. The van der Waals surface area contributed by atoms with E-state index in [0.29, 0.717) is 6.42 Å². The van der Waals surface area contributed by atoms with E-state index in [1.54, 1.807) is 0 Å². The zero-order valence-electron chi connectivity index (χ0n) is 10.2. The Kier molecular flexibility index (Phi) is 7.42. The Balaban J connectivity index is 4.06. The molecule has 0 aliphatic carbocycles. The third kappa shape index (κ3) is 6.77. The summed E-state index contributed by atoms with van der Waals surface area (Å²) in [6, 6.07) is 0. The van der Waals surface area contributed by atoms with Gasteiger partial charge in [0.2, 0.25) is 5.91 Å². The first-order chi connectivity index (χ1) is 7.13. The summed E-state index contributed by atoms with van der Waals surface area (Å²) in [5, 5.41) is 6.03. The highest BCUT2D eigenvalue weighted by Crippen LogP contribution is 2.00. The van der Waals surface area contributed by atoms with E-state index in [-0.39, 0.29) is 5.91 Å². The topological polar surface area (TPSA) is 41.1 Å². The summed E-state index contributed by atoms with van der Waals surface area (Å²) >= 11 is 0. The third-order valence-electron chi connectivity index (χ3n) is 2.06. The van der Waals surface area contributed by atoms with Crippen LogP contribution in [-0.2, 0) is 4.79 Å². The minimum absolute atomic E-state index is 0.0707. The lowest BCUT2D eigenvalue weighted by molar-refractivity contribution is -0.120. The quantitative estimate of drug-likeness (QED) is 0.706. The number of nitrogens with one attached hydrogen (secondary N) is 2. The van der Waals surface area contributed by atoms with Crippen LogP contribution in [0.25, 0.3) is 0 Å². The van der Waals surface area contributed by atoms with Gasteiger partial charge in [0, 0.05) is 17.9 Å². The zero-order chi connectivity index (χ0) is 11.7. The summed E-state index contributed by atoms with van der Waals surface area (Å²) in [5.41, 5.74) is 2.01. The number of amides is 1. The Bertz CT molecular complexity index is 254. The lowest BCUT2D eigenvalue weighted by atomic mass is 10.2. The summed E-state index contributed by atoms with van der Waals surface area (Å²) < 4.78 is 0. The monoisotopic (exact) mass is 210 g/mol. The van der Waals surface area contributed by atoms with Gasteiger partial charge in [-0.15, -0.1) is 0 Å². The van der Waals surface area contributed by atoms with Crippen LogP contribution < -0.4 is 10.6 Å². The second-order valence-corrected chi connectivity index (χ2v) is 3.44. The van der Waals surface area contributed by atoms with Crippen molar-refractivity contribution in [3.8, 4) is 0 Å². The number of allylic oxidation sites excluding steroid dienone is 3. The summed E-state index contributed by atoms with van der Waals surface area (Å²) in [6.07, 6.45) is 5.30. The van der Waals surface area contributed by atoms with Crippen molar-refractivity contribution < 1.29 is 4.79 Å². The molecular weight excluding hydrogens is 188 g/mol. The Morgan fingerprint density at radius 3 is 2.40 bits per heavy atom. The molecule has 0 fully saturated rings. The van der Waals surface area contributed by atoms with E-state index in [1.165, 1.54) is 0 Å². The van der Waals surface area contributed by atoms with Crippen LogP contribution in [-0.4, -0.2) is 12.5 Å². The average molecular weight is 210 g/mol. The Morgan fingerprint density at radius 2 is 1.93 bits per heavy atom. The number of hydrogen-bond donors (Lipinski definition) is 2. The van der Waals surface area contributed by atoms with E-state index in [9.17, 15) is 4.79 Å². The van der Waals surface area contributed by atoms with Gasteiger partial charge in [-0.2, -0.15) is 0 Å². The molecule has 0 spiro atoms. The lowest BCUT2D eigenvalue weighted by Crippen LogP contribution is -2.26. The van der Waals surface area contributed by atoms with Crippen LogP contribution in [0.4, 0.5) is 0 Å². The first kappa shape index (κ1) is 13.8. The number of hydrogen-bond acceptors (Lipinski definition) is 2. The fraction of sp³-hybridized carbons (Fsp3) is 0.583. The molecule has 0 aromatic carbocycles. The Hall–Kier alpha value is -1.25. The van der Waals surface area contributed by atoms with Crippen molar-refractivity contribution in [2.75, 3.05) is 6.54 Å². The van der Waals surface area contributed by atoms with Crippen molar-refractivity contribution in [2.45, 2.75) is 40.5 Å². The van der Waals surface area contributed by atoms with Gasteiger partial charge in [-0.3, -0.25) is 4.79 Å². The molecule has 1 amide bonds. The molecule has 2 N–H and O–H groups in total. The van der Waals surface area contributed by atoms with E-state index >= 15 is 0 Å².